The Morgan fingerprint density at radius 1 is 0.818 bits per heavy atom. The fraction of sp³-hybridized carbons (Fsp3) is 0.875. The molecule has 0 aromatic heterocycles. The summed E-state index contributed by atoms with van der Waals surface area (Å²) in [6.45, 7) is 3.44. The largest absolute Gasteiger partial charge is 0.345 e. The third kappa shape index (κ3) is 9.87. The molecule has 0 saturated heterocycles. The van der Waals surface area contributed by atoms with Crippen molar-refractivity contribution < 1.29 is 9.59 Å². The third-order valence-corrected chi connectivity index (χ3v) is 3.81. The average molecular weight is 314 g/mol. The number of nitrogens with one attached hydrogen (secondary N) is 4. The van der Waals surface area contributed by atoms with E-state index in [1.54, 1.807) is 14.0 Å². The van der Waals surface area contributed by atoms with E-state index in [2.05, 4.69) is 21.3 Å². The van der Waals surface area contributed by atoms with E-state index in [1.807, 2.05) is 14.1 Å². The maximum absolute atomic E-state index is 12.3. The van der Waals surface area contributed by atoms with Crippen LogP contribution in [0.25, 0.3) is 0 Å². The molecule has 0 bridgehead atoms. The van der Waals surface area contributed by atoms with Gasteiger partial charge in [-0.3, -0.25) is 9.59 Å². The Hall–Kier alpha value is -0.980. The number of ketones is 1. The van der Waals surface area contributed by atoms with Gasteiger partial charge >= 0.3 is 0 Å². The summed E-state index contributed by atoms with van der Waals surface area (Å²) in [5.74, 6) is -0.0383. The maximum Gasteiger partial charge on any atom is 0.237 e. The summed E-state index contributed by atoms with van der Waals surface area (Å²) in [6, 6.07) is -0.589. The Balaban J connectivity index is 4.23. The number of unbranched alkanes of at least 4 members (excludes halogenated alkanes) is 2. The molecule has 4 N–H and O–H groups in total. The molecule has 0 heterocycles. The lowest BCUT2D eigenvalue weighted by Crippen LogP contribution is -2.49. The quantitative estimate of drug-likeness (QED) is 0.350. The Bertz CT molecular complexity index is 311. The number of hydrogen-bond donors (Lipinski definition) is 4. The summed E-state index contributed by atoms with van der Waals surface area (Å²) in [5.41, 5.74) is 0. The summed E-state index contributed by atoms with van der Waals surface area (Å²) in [5, 5.41) is 12.1. The van der Waals surface area contributed by atoms with Crippen molar-refractivity contribution in [1.82, 2.24) is 21.3 Å². The Morgan fingerprint density at radius 2 is 1.32 bits per heavy atom. The van der Waals surface area contributed by atoms with Gasteiger partial charge in [-0.2, -0.15) is 0 Å². The van der Waals surface area contributed by atoms with Crippen molar-refractivity contribution in [3.05, 3.63) is 0 Å². The number of hydrogen-bond acceptors (Lipinski definition) is 5. The van der Waals surface area contributed by atoms with Crippen LogP contribution in [0.2, 0.25) is 0 Å². The molecular formula is C16H34N4O2. The first-order valence-electron chi connectivity index (χ1n) is 8.34. The molecule has 22 heavy (non-hydrogen) atoms. The fourth-order valence-electron chi connectivity index (χ4n) is 2.36. The second-order valence-electron chi connectivity index (χ2n) is 5.71. The van der Waals surface area contributed by atoms with Gasteiger partial charge in [0.2, 0.25) is 5.91 Å². The Morgan fingerprint density at radius 3 is 1.73 bits per heavy atom. The molecule has 0 fully saturated rings. The number of carbonyl (C=O) groups excluding carboxylic acids is 2. The SMILES string of the molecule is CNCCCCC(NC(=O)C(CCCCNC)NC)C(C)=O. The highest BCUT2D eigenvalue weighted by Gasteiger charge is 2.21. The molecule has 0 aliphatic rings. The van der Waals surface area contributed by atoms with Crippen molar-refractivity contribution in [1.29, 1.82) is 0 Å². The summed E-state index contributed by atoms with van der Waals surface area (Å²) >= 11 is 0. The highest BCUT2D eigenvalue weighted by Crippen LogP contribution is 2.05. The smallest absolute Gasteiger partial charge is 0.237 e. The summed E-state index contributed by atoms with van der Waals surface area (Å²) in [7, 11) is 5.63. The summed E-state index contributed by atoms with van der Waals surface area (Å²) in [6.07, 6.45) is 5.45. The molecule has 0 aliphatic carbocycles. The topological polar surface area (TPSA) is 82.3 Å². The molecule has 2 atom stereocenters. The van der Waals surface area contributed by atoms with Gasteiger partial charge < -0.3 is 21.3 Å². The molecule has 1 amide bonds. The van der Waals surface area contributed by atoms with E-state index in [0.717, 1.165) is 45.2 Å². The normalized spacial score (nSPS) is 13.6. The highest BCUT2D eigenvalue weighted by atomic mass is 16.2. The van der Waals surface area contributed by atoms with Crippen LogP contribution in [0.15, 0.2) is 0 Å². The van der Waals surface area contributed by atoms with Crippen molar-refractivity contribution in [3.8, 4) is 0 Å². The minimum absolute atomic E-state index is 0.0304. The first-order chi connectivity index (χ1) is 10.6. The van der Waals surface area contributed by atoms with Crippen LogP contribution in [0.1, 0.15) is 45.4 Å². The van der Waals surface area contributed by atoms with Crippen LogP contribution in [0, 0.1) is 0 Å². The van der Waals surface area contributed by atoms with Crippen molar-refractivity contribution in [2.75, 3.05) is 34.2 Å². The number of rotatable bonds is 14. The van der Waals surface area contributed by atoms with Crippen LogP contribution in [0.4, 0.5) is 0 Å². The van der Waals surface area contributed by atoms with Crippen LogP contribution in [-0.2, 0) is 9.59 Å². The van der Waals surface area contributed by atoms with E-state index in [-0.39, 0.29) is 23.8 Å². The lowest BCUT2D eigenvalue weighted by molar-refractivity contribution is -0.128. The zero-order valence-electron chi connectivity index (χ0n) is 14.6. The van der Waals surface area contributed by atoms with Crippen LogP contribution >= 0.6 is 0 Å². The summed E-state index contributed by atoms with van der Waals surface area (Å²) in [4.78, 5) is 24.0. The first-order valence-corrected chi connectivity index (χ1v) is 8.34. The lowest BCUT2D eigenvalue weighted by atomic mass is 10.0. The second kappa shape index (κ2) is 13.7. The minimum atomic E-state index is -0.363. The third-order valence-electron chi connectivity index (χ3n) is 3.81. The molecule has 0 aliphatic heterocycles. The molecule has 0 saturated carbocycles. The lowest BCUT2D eigenvalue weighted by Gasteiger charge is -2.21. The maximum atomic E-state index is 12.3. The molecule has 0 aromatic carbocycles. The van der Waals surface area contributed by atoms with Crippen molar-refractivity contribution in [3.63, 3.8) is 0 Å². The summed E-state index contributed by atoms with van der Waals surface area (Å²) < 4.78 is 0. The molecule has 2 unspecified atom stereocenters. The van der Waals surface area contributed by atoms with Crippen LogP contribution in [0.3, 0.4) is 0 Å². The zero-order valence-corrected chi connectivity index (χ0v) is 14.6. The molecule has 0 aromatic rings. The van der Waals surface area contributed by atoms with E-state index >= 15 is 0 Å². The van der Waals surface area contributed by atoms with Gasteiger partial charge in [-0.05, 0) is 73.3 Å². The van der Waals surface area contributed by atoms with E-state index < -0.39 is 0 Å². The molecule has 6 nitrogen and oxygen atoms in total. The van der Waals surface area contributed by atoms with Gasteiger partial charge in [-0.15, -0.1) is 0 Å². The van der Waals surface area contributed by atoms with E-state index in [4.69, 9.17) is 0 Å². The molecule has 0 rings (SSSR count). The predicted octanol–water partition coefficient (Wildman–Crippen LogP) is 0.428. The van der Waals surface area contributed by atoms with E-state index in [1.165, 1.54) is 0 Å². The van der Waals surface area contributed by atoms with E-state index in [0.29, 0.717) is 6.42 Å². The van der Waals surface area contributed by atoms with Gasteiger partial charge in [0.05, 0.1) is 12.1 Å². The monoisotopic (exact) mass is 314 g/mol. The molecule has 0 spiro atoms. The number of likely N-dealkylation sites (N-methyl/N-ethyl adjacent to an activating group) is 1. The average Bonchev–Trinajstić information content (AvgIpc) is 2.50. The first kappa shape index (κ1) is 21.0. The predicted molar refractivity (Wildman–Crippen MR) is 91.0 cm³/mol. The standard InChI is InChI=1S/C16H34N4O2/c1-13(21)14(9-5-7-11-17-2)20-16(22)15(19-4)10-6-8-12-18-3/h14-15,17-19H,5-12H2,1-4H3,(H,20,22). The van der Waals surface area contributed by atoms with Gasteiger partial charge in [0.1, 0.15) is 0 Å². The van der Waals surface area contributed by atoms with Crippen molar-refractivity contribution in [2.24, 2.45) is 0 Å². The Labute approximate surface area is 135 Å². The van der Waals surface area contributed by atoms with Crippen molar-refractivity contribution in [2.45, 2.75) is 57.5 Å². The molecular weight excluding hydrogens is 280 g/mol. The van der Waals surface area contributed by atoms with Gasteiger partial charge in [-0.1, -0.05) is 6.42 Å². The van der Waals surface area contributed by atoms with Crippen LogP contribution in [-0.4, -0.2) is 58.0 Å². The van der Waals surface area contributed by atoms with Crippen LogP contribution < -0.4 is 21.3 Å². The molecule has 130 valence electrons. The van der Waals surface area contributed by atoms with Gasteiger partial charge in [-0.25, -0.2) is 0 Å². The van der Waals surface area contributed by atoms with Crippen molar-refractivity contribution >= 4 is 11.7 Å². The van der Waals surface area contributed by atoms with Gasteiger partial charge in [0.15, 0.2) is 5.78 Å². The minimum Gasteiger partial charge on any atom is -0.345 e. The molecule has 0 radical (unpaired) electrons. The fourth-order valence-corrected chi connectivity index (χ4v) is 2.36. The van der Waals surface area contributed by atoms with Crippen LogP contribution in [0.5, 0.6) is 0 Å². The zero-order chi connectivity index (χ0) is 16.8. The highest BCUT2D eigenvalue weighted by molar-refractivity contribution is 5.89. The second-order valence-corrected chi connectivity index (χ2v) is 5.71. The van der Waals surface area contributed by atoms with Gasteiger partial charge in [0.25, 0.3) is 0 Å². The van der Waals surface area contributed by atoms with Gasteiger partial charge in [0, 0.05) is 0 Å². The number of amides is 1. The number of Topliss-reactive ketones (excluding diaryl/α,β-unsaturated/α-hetero) is 1. The molecule has 6 heteroatoms. The van der Waals surface area contributed by atoms with E-state index in [9.17, 15) is 9.59 Å². The number of carbonyl (C=O) groups is 2. The Kier molecular flexibility index (Phi) is 13.1.